The van der Waals surface area contributed by atoms with Crippen molar-refractivity contribution in [2.75, 3.05) is 65.9 Å². The Morgan fingerprint density at radius 3 is 2.24 bits per heavy atom. The molecule has 2 aromatic heterocycles. The minimum Gasteiger partial charge on any atom is -0.364 e. The van der Waals surface area contributed by atoms with E-state index < -0.39 is 0 Å². The normalized spacial score (nSPS) is 16.1. The summed E-state index contributed by atoms with van der Waals surface area (Å²) in [5.41, 5.74) is 3.90. The van der Waals surface area contributed by atoms with Gasteiger partial charge >= 0.3 is 0 Å². The van der Waals surface area contributed by atoms with Crippen LogP contribution in [0.3, 0.4) is 0 Å². The van der Waals surface area contributed by atoms with Gasteiger partial charge < -0.3 is 20.4 Å². The molecule has 0 radical (unpaired) electrons. The molecule has 0 amide bonds. The van der Waals surface area contributed by atoms with E-state index >= 15 is 0 Å². The zero-order chi connectivity index (χ0) is 25.6. The number of thioether (sulfide) groups is 2. The number of rotatable bonds is 8. The molecule has 2 saturated heterocycles. The van der Waals surface area contributed by atoms with Crippen molar-refractivity contribution >= 4 is 52.3 Å². The quantitative estimate of drug-likeness (QED) is 0.314. The van der Waals surface area contributed by atoms with Crippen LogP contribution >= 0.6 is 23.5 Å². The third kappa shape index (κ3) is 5.98. The number of nitrogens with one attached hydrogen (secondary N) is 2. The molecule has 196 valence electrons. The van der Waals surface area contributed by atoms with Gasteiger partial charge in [0.1, 0.15) is 5.03 Å². The van der Waals surface area contributed by atoms with Gasteiger partial charge in [-0.15, -0.1) is 0 Å². The highest BCUT2D eigenvalue weighted by Crippen LogP contribution is 2.33. The maximum absolute atomic E-state index is 5.20. The second-order valence-electron chi connectivity index (χ2n) is 9.35. The van der Waals surface area contributed by atoms with Crippen molar-refractivity contribution in [1.82, 2.24) is 25.3 Å². The van der Waals surface area contributed by atoms with E-state index in [0.717, 1.165) is 84.7 Å². The molecule has 0 aliphatic carbocycles. The van der Waals surface area contributed by atoms with Gasteiger partial charge in [-0.2, -0.15) is 21.7 Å². The van der Waals surface area contributed by atoms with Crippen LogP contribution in [0.15, 0.2) is 65.7 Å². The minimum atomic E-state index is 0.654. The van der Waals surface area contributed by atoms with Crippen LogP contribution in [0.25, 0.3) is 11.2 Å². The van der Waals surface area contributed by atoms with Crippen LogP contribution in [0.1, 0.15) is 11.1 Å². The SMILES string of the molecule is c1ccc(CNc2nc3nc(N4CCNCC4)nc(N4CCSCC4)c3nc2SCc2ccccc2)cc1. The van der Waals surface area contributed by atoms with Crippen LogP contribution in [0.4, 0.5) is 17.6 Å². The molecule has 2 N–H and O–H groups in total. The number of aromatic nitrogens is 4. The summed E-state index contributed by atoms with van der Waals surface area (Å²) in [4.78, 5) is 25.0. The van der Waals surface area contributed by atoms with Crippen LogP contribution in [0.5, 0.6) is 0 Å². The standard InChI is InChI=1S/C28H32N8S2/c1-3-7-21(8-4-1)19-30-25-27(38-20-22-9-5-2-6-10-22)31-23-24(32-25)33-28(36-13-11-29-12-14-36)34-26(23)35-15-17-37-18-16-35/h1-10,29H,11-20H2,(H,30,32,33,34). The number of fused-ring (bicyclic) bond motifs is 1. The lowest BCUT2D eigenvalue weighted by Gasteiger charge is -2.31. The molecular weight excluding hydrogens is 512 g/mol. The van der Waals surface area contributed by atoms with Crippen molar-refractivity contribution in [3.63, 3.8) is 0 Å². The predicted molar refractivity (Wildman–Crippen MR) is 160 cm³/mol. The van der Waals surface area contributed by atoms with Crippen LogP contribution in [-0.2, 0) is 12.3 Å². The molecule has 2 fully saturated rings. The first-order valence-corrected chi connectivity index (χ1v) is 15.3. The number of nitrogens with zero attached hydrogens (tertiary/aromatic N) is 6. The Hall–Kier alpha value is -3.08. The summed E-state index contributed by atoms with van der Waals surface area (Å²) in [5.74, 6) is 5.43. The average Bonchev–Trinajstić information content (AvgIpc) is 3.00. The highest BCUT2D eigenvalue weighted by molar-refractivity contribution is 7.99. The third-order valence-corrected chi connectivity index (χ3v) is 8.68. The smallest absolute Gasteiger partial charge is 0.229 e. The second-order valence-corrected chi connectivity index (χ2v) is 11.5. The molecule has 0 atom stereocenters. The molecule has 2 aromatic carbocycles. The van der Waals surface area contributed by atoms with Crippen molar-refractivity contribution < 1.29 is 0 Å². The summed E-state index contributed by atoms with van der Waals surface area (Å²) in [6.45, 7) is 6.23. The van der Waals surface area contributed by atoms with Gasteiger partial charge in [-0.1, -0.05) is 72.4 Å². The predicted octanol–water partition coefficient (Wildman–Crippen LogP) is 4.29. The van der Waals surface area contributed by atoms with E-state index in [-0.39, 0.29) is 0 Å². The molecular formula is C28H32N8S2. The van der Waals surface area contributed by atoms with Gasteiger partial charge in [0.15, 0.2) is 22.8 Å². The lowest BCUT2D eigenvalue weighted by atomic mass is 10.2. The number of benzene rings is 2. The second kappa shape index (κ2) is 12.2. The topological polar surface area (TPSA) is 82.1 Å². The highest BCUT2D eigenvalue weighted by Gasteiger charge is 2.24. The van der Waals surface area contributed by atoms with Crippen molar-refractivity contribution in [2.45, 2.75) is 17.3 Å². The van der Waals surface area contributed by atoms with E-state index in [2.05, 4.69) is 69.0 Å². The lowest BCUT2D eigenvalue weighted by Crippen LogP contribution is -2.44. The van der Waals surface area contributed by atoms with Crippen molar-refractivity contribution in [3.8, 4) is 0 Å². The van der Waals surface area contributed by atoms with Gasteiger partial charge in [0.25, 0.3) is 0 Å². The van der Waals surface area contributed by atoms with Gasteiger partial charge in [0.2, 0.25) is 5.95 Å². The zero-order valence-electron chi connectivity index (χ0n) is 21.3. The van der Waals surface area contributed by atoms with E-state index in [9.17, 15) is 0 Å². The monoisotopic (exact) mass is 544 g/mol. The number of anilines is 3. The molecule has 4 aromatic rings. The minimum absolute atomic E-state index is 0.654. The van der Waals surface area contributed by atoms with E-state index in [1.807, 2.05) is 23.9 Å². The average molecular weight is 545 g/mol. The number of hydrogen-bond donors (Lipinski definition) is 2. The van der Waals surface area contributed by atoms with E-state index in [4.69, 9.17) is 19.9 Å². The molecule has 2 aliphatic rings. The van der Waals surface area contributed by atoms with Gasteiger partial charge in [0, 0.05) is 63.1 Å². The highest BCUT2D eigenvalue weighted by atomic mass is 32.2. The van der Waals surface area contributed by atoms with Gasteiger partial charge in [-0.3, -0.25) is 0 Å². The lowest BCUT2D eigenvalue weighted by molar-refractivity contribution is 0.580. The van der Waals surface area contributed by atoms with Crippen LogP contribution < -0.4 is 20.4 Å². The fraction of sp³-hybridized carbons (Fsp3) is 0.357. The molecule has 8 nitrogen and oxygen atoms in total. The Bertz CT molecular complexity index is 1340. The van der Waals surface area contributed by atoms with E-state index in [1.165, 1.54) is 11.1 Å². The molecule has 6 rings (SSSR count). The number of hydrogen-bond acceptors (Lipinski definition) is 10. The first-order chi connectivity index (χ1) is 18.8. The van der Waals surface area contributed by atoms with Gasteiger partial charge in [-0.05, 0) is 11.1 Å². The van der Waals surface area contributed by atoms with E-state index in [0.29, 0.717) is 12.2 Å². The summed E-state index contributed by atoms with van der Waals surface area (Å²) in [5, 5.41) is 7.86. The van der Waals surface area contributed by atoms with Gasteiger partial charge in [-0.25, -0.2) is 9.97 Å². The summed E-state index contributed by atoms with van der Waals surface area (Å²) in [6, 6.07) is 20.9. The van der Waals surface area contributed by atoms with Crippen molar-refractivity contribution in [3.05, 3.63) is 71.8 Å². The fourth-order valence-corrected chi connectivity index (χ4v) is 6.44. The Morgan fingerprint density at radius 2 is 1.50 bits per heavy atom. The van der Waals surface area contributed by atoms with Crippen LogP contribution in [0, 0.1) is 0 Å². The molecule has 2 aliphatic heterocycles. The summed E-state index contributed by atoms with van der Waals surface area (Å²) < 4.78 is 0. The molecule has 38 heavy (non-hydrogen) atoms. The van der Waals surface area contributed by atoms with Crippen LogP contribution in [0.2, 0.25) is 0 Å². The number of piperazine rings is 1. The van der Waals surface area contributed by atoms with Gasteiger partial charge in [0.05, 0.1) is 0 Å². The van der Waals surface area contributed by atoms with Crippen LogP contribution in [-0.4, -0.2) is 70.7 Å². The summed E-state index contributed by atoms with van der Waals surface area (Å²) >= 11 is 3.70. The van der Waals surface area contributed by atoms with Crippen molar-refractivity contribution in [1.29, 1.82) is 0 Å². The molecule has 0 spiro atoms. The molecule has 0 saturated carbocycles. The zero-order valence-corrected chi connectivity index (χ0v) is 23.0. The molecule has 10 heteroatoms. The fourth-order valence-electron chi connectivity index (χ4n) is 4.63. The molecule has 0 unspecified atom stereocenters. The Labute approximate surface area is 232 Å². The Kier molecular flexibility index (Phi) is 8.09. The van der Waals surface area contributed by atoms with Crippen molar-refractivity contribution in [2.24, 2.45) is 0 Å². The Balaban J connectivity index is 1.41. The summed E-state index contributed by atoms with van der Waals surface area (Å²) in [6.07, 6.45) is 0. The first-order valence-electron chi connectivity index (χ1n) is 13.2. The maximum Gasteiger partial charge on any atom is 0.229 e. The third-order valence-electron chi connectivity index (χ3n) is 6.70. The first kappa shape index (κ1) is 25.2. The maximum atomic E-state index is 5.20. The largest absolute Gasteiger partial charge is 0.364 e. The molecule has 4 heterocycles. The Morgan fingerprint density at radius 1 is 0.789 bits per heavy atom. The summed E-state index contributed by atoms with van der Waals surface area (Å²) in [7, 11) is 0. The van der Waals surface area contributed by atoms with E-state index in [1.54, 1.807) is 11.8 Å². The molecule has 0 bridgehead atoms.